The summed E-state index contributed by atoms with van der Waals surface area (Å²) in [4.78, 5) is 17.2. The molecule has 5 rings (SSSR count). The zero-order chi connectivity index (χ0) is 18.9. The Morgan fingerprint density at radius 2 is 1.93 bits per heavy atom. The first-order valence-corrected chi connectivity index (χ1v) is 10.8. The summed E-state index contributed by atoms with van der Waals surface area (Å²) >= 11 is 0. The van der Waals surface area contributed by atoms with E-state index in [1.807, 2.05) is 11.0 Å². The summed E-state index contributed by atoms with van der Waals surface area (Å²) in [7, 11) is 0. The minimum absolute atomic E-state index is 0.0590. The molecule has 5 heteroatoms. The van der Waals surface area contributed by atoms with Gasteiger partial charge in [-0.2, -0.15) is 0 Å². The van der Waals surface area contributed by atoms with E-state index in [9.17, 15) is 4.79 Å². The molecule has 3 fully saturated rings. The average molecular weight is 380 g/mol. The largest absolute Gasteiger partial charge is 0.359 e. The quantitative estimate of drug-likeness (QED) is 0.794. The molecule has 1 aliphatic carbocycles. The van der Waals surface area contributed by atoms with Crippen molar-refractivity contribution in [2.75, 3.05) is 19.6 Å². The molecule has 148 valence electrons. The van der Waals surface area contributed by atoms with Gasteiger partial charge in [0.25, 0.3) is 5.91 Å². The number of nitrogens with zero attached hydrogens (tertiary/aromatic N) is 3. The summed E-state index contributed by atoms with van der Waals surface area (Å²) in [6.45, 7) is 3.82. The van der Waals surface area contributed by atoms with E-state index in [1.165, 1.54) is 37.7 Å². The lowest BCUT2D eigenvalue weighted by Crippen LogP contribution is -2.37. The third-order valence-electron chi connectivity index (χ3n) is 6.90. The van der Waals surface area contributed by atoms with Crippen molar-refractivity contribution in [3.63, 3.8) is 0 Å². The van der Waals surface area contributed by atoms with Crippen LogP contribution >= 0.6 is 0 Å². The molecule has 1 aromatic carbocycles. The van der Waals surface area contributed by atoms with Crippen molar-refractivity contribution in [2.45, 2.75) is 51.1 Å². The van der Waals surface area contributed by atoms with Crippen molar-refractivity contribution < 1.29 is 9.32 Å². The number of amides is 1. The second-order valence-electron chi connectivity index (χ2n) is 8.88. The highest BCUT2D eigenvalue weighted by Crippen LogP contribution is 2.38. The summed E-state index contributed by atoms with van der Waals surface area (Å²) in [6.07, 6.45) is 7.21. The highest BCUT2D eigenvalue weighted by Gasteiger charge is 2.41. The van der Waals surface area contributed by atoms with Crippen LogP contribution in [0.15, 0.2) is 40.9 Å². The smallest absolute Gasteiger partial charge is 0.276 e. The molecule has 0 N–H and O–H groups in total. The summed E-state index contributed by atoms with van der Waals surface area (Å²) in [6, 6.07) is 13.1. The van der Waals surface area contributed by atoms with Gasteiger partial charge in [0.15, 0.2) is 11.5 Å². The molecular weight excluding hydrogens is 350 g/mol. The van der Waals surface area contributed by atoms with Crippen molar-refractivity contribution >= 4 is 5.91 Å². The SMILES string of the molecule is O=C(c1cc(CN2CCC(Cc3ccccc3)CC2)on1)N1C[C@H]2CC[C@H]1C2. The summed E-state index contributed by atoms with van der Waals surface area (Å²) < 4.78 is 5.51. The third-order valence-corrected chi connectivity index (χ3v) is 6.90. The minimum atomic E-state index is 0.0590. The van der Waals surface area contributed by atoms with Crippen molar-refractivity contribution in [1.82, 2.24) is 15.0 Å². The molecular formula is C23H29N3O2. The normalized spacial score (nSPS) is 25.5. The Kier molecular flexibility index (Phi) is 4.93. The predicted molar refractivity (Wildman–Crippen MR) is 107 cm³/mol. The Morgan fingerprint density at radius 1 is 1.11 bits per heavy atom. The summed E-state index contributed by atoms with van der Waals surface area (Å²) in [5.41, 5.74) is 1.93. The third kappa shape index (κ3) is 3.72. The molecule has 0 spiro atoms. The van der Waals surface area contributed by atoms with E-state index in [0.717, 1.165) is 44.3 Å². The predicted octanol–water partition coefficient (Wildman–Crippen LogP) is 3.75. The molecule has 0 radical (unpaired) electrons. The molecule has 28 heavy (non-hydrogen) atoms. The number of rotatable bonds is 5. The van der Waals surface area contributed by atoms with Gasteiger partial charge >= 0.3 is 0 Å². The lowest BCUT2D eigenvalue weighted by Gasteiger charge is -2.31. The van der Waals surface area contributed by atoms with Crippen molar-refractivity contribution in [1.29, 1.82) is 0 Å². The van der Waals surface area contributed by atoms with Crippen LogP contribution in [-0.4, -0.2) is 46.5 Å². The van der Waals surface area contributed by atoms with Crippen LogP contribution < -0.4 is 0 Å². The fourth-order valence-corrected chi connectivity index (χ4v) is 5.33. The van der Waals surface area contributed by atoms with Gasteiger partial charge < -0.3 is 9.42 Å². The Morgan fingerprint density at radius 3 is 2.64 bits per heavy atom. The van der Waals surface area contributed by atoms with Crippen molar-refractivity contribution in [2.24, 2.45) is 11.8 Å². The van der Waals surface area contributed by atoms with E-state index >= 15 is 0 Å². The second kappa shape index (κ2) is 7.70. The zero-order valence-corrected chi connectivity index (χ0v) is 16.4. The van der Waals surface area contributed by atoms with Gasteiger partial charge in [-0.25, -0.2) is 0 Å². The number of hydrogen-bond donors (Lipinski definition) is 0. The number of piperidine rings is 2. The van der Waals surface area contributed by atoms with Gasteiger partial charge in [-0.1, -0.05) is 35.5 Å². The lowest BCUT2D eigenvalue weighted by atomic mass is 9.90. The maximum atomic E-state index is 12.7. The second-order valence-corrected chi connectivity index (χ2v) is 8.88. The van der Waals surface area contributed by atoms with E-state index < -0.39 is 0 Å². The lowest BCUT2D eigenvalue weighted by molar-refractivity contribution is 0.0692. The molecule has 3 aliphatic rings. The van der Waals surface area contributed by atoms with Gasteiger partial charge in [0.1, 0.15) is 0 Å². The monoisotopic (exact) mass is 379 g/mol. The number of carbonyl (C=O) groups excluding carboxylic acids is 1. The van der Waals surface area contributed by atoms with Crippen LogP contribution in [0.5, 0.6) is 0 Å². The average Bonchev–Trinajstić information content (AvgIpc) is 3.47. The van der Waals surface area contributed by atoms with Crippen LogP contribution in [0.4, 0.5) is 0 Å². The fourth-order valence-electron chi connectivity index (χ4n) is 5.33. The Labute approximate surface area is 166 Å². The number of carbonyl (C=O) groups is 1. The van der Waals surface area contributed by atoms with E-state index in [4.69, 9.17) is 4.52 Å². The topological polar surface area (TPSA) is 49.6 Å². The molecule has 5 nitrogen and oxygen atoms in total. The maximum Gasteiger partial charge on any atom is 0.276 e. The number of benzene rings is 1. The zero-order valence-electron chi connectivity index (χ0n) is 16.4. The van der Waals surface area contributed by atoms with E-state index in [-0.39, 0.29) is 5.91 Å². The van der Waals surface area contributed by atoms with E-state index in [0.29, 0.717) is 17.7 Å². The Balaban J connectivity index is 1.12. The van der Waals surface area contributed by atoms with Gasteiger partial charge in [0.2, 0.25) is 0 Å². The summed E-state index contributed by atoms with van der Waals surface area (Å²) in [5, 5.41) is 4.09. The van der Waals surface area contributed by atoms with Crippen LogP contribution in [0.1, 0.15) is 53.9 Å². The van der Waals surface area contributed by atoms with Gasteiger partial charge in [-0.15, -0.1) is 0 Å². The number of hydrogen-bond acceptors (Lipinski definition) is 4. The summed E-state index contributed by atoms with van der Waals surface area (Å²) in [5.74, 6) is 2.34. The highest BCUT2D eigenvalue weighted by molar-refractivity contribution is 5.92. The Hall–Kier alpha value is -2.14. The molecule has 2 atom stereocenters. The molecule has 1 saturated carbocycles. The number of likely N-dealkylation sites (tertiary alicyclic amines) is 2. The Bertz CT molecular complexity index is 810. The first-order chi connectivity index (χ1) is 13.7. The minimum Gasteiger partial charge on any atom is -0.359 e. The molecule has 2 aromatic rings. The van der Waals surface area contributed by atoms with Crippen LogP contribution in [0.2, 0.25) is 0 Å². The van der Waals surface area contributed by atoms with Gasteiger partial charge in [-0.05, 0) is 69.0 Å². The number of aromatic nitrogens is 1. The van der Waals surface area contributed by atoms with E-state index in [2.05, 4.69) is 40.4 Å². The van der Waals surface area contributed by atoms with Gasteiger partial charge in [-0.3, -0.25) is 9.69 Å². The van der Waals surface area contributed by atoms with Crippen LogP contribution in [0.25, 0.3) is 0 Å². The molecule has 0 unspecified atom stereocenters. The molecule has 1 amide bonds. The molecule has 2 bridgehead atoms. The van der Waals surface area contributed by atoms with Crippen LogP contribution in [0.3, 0.4) is 0 Å². The van der Waals surface area contributed by atoms with Gasteiger partial charge in [0.05, 0.1) is 6.54 Å². The standard InChI is InChI=1S/C23H29N3O2/c27-23(26-15-19-6-7-20(26)13-19)22-14-21(28-24-22)16-25-10-8-18(9-11-25)12-17-4-2-1-3-5-17/h1-5,14,18-20H,6-13,15-16H2/t19-,20-/m0/s1. The molecule has 3 heterocycles. The molecule has 2 aliphatic heterocycles. The van der Waals surface area contributed by atoms with Crippen molar-refractivity contribution in [3.05, 3.63) is 53.4 Å². The van der Waals surface area contributed by atoms with Crippen LogP contribution in [0, 0.1) is 11.8 Å². The highest BCUT2D eigenvalue weighted by atomic mass is 16.5. The first-order valence-electron chi connectivity index (χ1n) is 10.8. The molecule has 2 saturated heterocycles. The first kappa shape index (κ1) is 17.9. The number of fused-ring (bicyclic) bond motifs is 2. The maximum absolute atomic E-state index is 12.7. The molecule has 1 aromatic heterocycles. The fraction of sp³-hybridized carbons (Fsp3) is 0.565. The van der Waals surface area contributed by atoms with Gasteiger partial charge in [0, 0.05) is 18.7 Å². The van der Waals surface area contributed by atoms with Crippen LogP contribution in [-0.2, 0) is 13.0 Å². The van der Waals surface area contributed by atoms with E-state index in [1.54, 1.807) is 0 Å². The van der Waals surface area contributed by atoms with Crippen molar-refractivity contribution in [3.8, 4) is 0 Å².